The smallest absolute Gasteiger partial charge is 0.418 e. The topological polar surface area (TPSA) is 42.7 Å². The van der Waals surface area contributed by atoms with Gasteiger partial charge in [0, 0.05) is 11.2 Å². The number of nitrogens with zero attached hydrogens (tertiary/aromatic N) is 1. The first kappa shape index (κ1) is 21.4. The molecule has 1 amide bonds. The second kappa shape index (κ2) is 7.99. The number of benzene rings is 2. The van der Waals surface area contributed by atoms with E-state index in [0.717, 1.165) is 24.3 Å². The van der Waals surface area contributed by atoms with Crippen molar-refractivity contribution in [1.29, 1.82) is 0 Å². The zero-order valence-corrected chi connectivity index (χ0v) is 16.5. The zero-order chi connectivity index (χ0) is 23.0. The van der Waals surface area contributed by atoms with E-state index in [1.165, 1.54) is 48.0 Å². The zero-order valence-electron chi connectivity index (χ0n) is 16.5. The van der Waals surface area contributed by atoms with Crippen molar-refractivity contribution in [3.63, 3.8) is 0 Å². The fraction of sp³-hybridized carbons (Fsp3) is 0.0870. The summed E-state index contributed by atoms with van der Waals surface area (Å²) in [5, 5.41) is 2.34. The molecule has 0 saturated heterocycles. The number of halogens is 5. The summed E-state index contributed by atoms with van der Waals surface area (Å²) < 4.78 is 75.2. The maximum absolute atomic E-state index is 13.8. The van der Waals surface area contributed by atoms with Crippen LogP contribution in [-0.2, 0) is 6.18 Å². The molecule has 4 nitrogen and oxygen atoms in total. The van der Waals surface area contributed by atoms with E-state index in [0.29, 0.717) is 11.3 Å². The lowest BCUT2D eigenvalue weighted by Crippen LogP contribution is -2.15. The lowest BCUT2D eigenvalue weighted by molar-refractivity contribution is -0.137. The molecule has 2 aromatic heterocycles. The summed E-state index contributed by atoms with van der Waals surface area (Å²) in [5.74, 6) is -2.69. The first-order chi connectivity index (χ1) is 15.2. The summed E-state index contributed by atoms with van der Waals surface area (Å²) in [6.07, 6.45) is -3.17. The van der Waals surface area contributed by atoms with Gasteiger partial charge in [0.2, 0.25) is 0 Å². The lowest BCUT2D eigenvalue weighted by Gasteiger charge is -2.12. The number of alkyl halides is 3. The van der Waals surface area contributed by atoms with Crippen molar-refractivity contribution in [3.8, 4) is 17.0 Å². The van der Waals surface area contributed by atoms with Crippen LogP contribution in [0.15, 0.2) is 66.9 Å². The summed E-state index contributed by atoms with van der Waals surface area (Å²) >= 11 is 0. The summed E-state index contributed by atoms with van der Waals surface area (Å²) in [5.41, 5.74) is -0.990. The van der Waals surface area contributed by atoms with Gasteiger partial charge < -0.3 is 14.5 Å². The molecule has 0 radical (unpaired) electrons. The van der Waals surface area contributed by atoms with Crippen molar-refractivity contribution in [2.75, 3.05) is 12.4 Å². The maximum Gasteiger partial charge on any atom is 0.418 e. The largest absolute Gasteiger partial charge is 0.495 e. The van der Waals surface area contributed by atoms with Crippen molar-refractivity contribution < 1.29 is 31.5 Å². The lowest BCUT2D eigenvalue weighted by atomic mass is 10.1. The number of pyridine rings is 1. The van der Waals surface area contributed by atoms with Crippen LogP contribution in [-0.4, -0.2) is 17.4 Å². The number of hydrogen-bond donors (Lipinski definition) is 1. The Labute approximate surface area is 178 Å². The highest BCUT2D eigenvalue weighted by atomic mass is 19.4. The first-order valence-electron chi connectivity index (χ1n) is 9.31. The van der Waals surface area contributed by atoms with Crippen LogP contribution in [0.1, 0.15) is 15.9 Å². The molecule has 0 unspecified atom stereocenters. The van der Waals surface area contributed by atoms with Crippen LogP contribution >= 0.6 is 0 Å². The molecule has 4 rings (SSSR count). The van der Waals surface area contributed by atoms with Gasteiger partial charge in [-0.1, -0.05) is 18.2 Å². The first-order valence-corrected chi connectivity index (χ1v) is 9.31. The summed E-state index contributed by atoms with van der Waals surface area (Å²) in [7, 11) is 1.41. The van der Waals surface area contributed by atoms with E-state index in [2.05, 4.69) is 5.32 Å². The van der Waals surface area contributed by atoms with Crippen LogP contribution < -0.4 is 10.1 Å². The van der Waals surface area contributed by atoms with E-state index >= 15 is 0 Å². The van der Waals surface area contributed by atoms with Gasteiger partial charge in [-0.05, 0) is 48.0 Å². The Bertz CT molecular complexity index is 1290. The number of amides is 1. The van der Waals surface area contributed by atoms with Gasteiger partial charge in [0.05, 0.1) is 24.6 Å². The average Bonchev–Trinajstić information content (AvgIpc) is 3.13. The van der Waals surface area contributed by atoms with Crippen LogP contribution in [0.3, 0.4) is 0 Å². The monoisotopic (exact) mass is 446 g/mol. The summed E-state index contributed by atoms with van der Waals surface area (Å²) in [6.45, 7) is 0. The van der Waals surface area contributed by atoms with Crippen LogP contribution in [0.25, 0.3) is 16.8 Å². The predicted molar refractivity (Wildman–Crippen MR) is 109 cm³/mol. The molecule has 1 N–H and O–H groups in total. The summed E-state index contributed by atoms with van der Waals surface area (Å²) in [4.78, 5) is 12.2. The predicted octanol–water partition coefficient (Wildman–Crippen LogP) is 6.16. The second-order valence-electron chi connectivity index (χ2n) is 6.90. The van der Waals surface area contributed by atoms with E-state index in [9.17, 15) is 26.7 Å². The molecular formula is C23H15F5N2O2. The van der Waals surface area contributed by atoms with Gasteiger partial charge in [-0.15, -0.1) is 0 Å². The quantitative estimate of drug-likeness (QED) is 0.382. The van der Waals surface area contributed by atoms with Crippen LogP contribution in [0.2, 0.25) is 0 Å². The second-order valence-corrected chi connectivity index (χ2v) is 6.90. The molecule has 0 bridgehead atoms. The number of carbonyl (C=O) groups is 1. The van der Waals surface area contributed by atoms with Crippen molar-refractivity contribution in [3.05, 3.63) is 89.6 Å². The minimum absolute atomic E-state index is 0.107. The molecule has 0 aliphatic heterocycles. The standard InChI is InChI=1S/C23H15F5N2O2/c1-32-16-10-9-15-11-17(23(26,27)28)21(30(15)12-16)13-5-7-14(8-6-13)29-22(31)20-18(24)3-2-4-19(20)25/h2-12H,1H3,(H,29,31). The Kier molecular flexibility index (Phi) is 5.33. The highest BCUT2D eigenvalue weighted by Gasteiger charge is 2.36. The van der Waals surface area contributed by atoms with Crippen LogP contribution in [0.5, 0.6) is 5.75 Å². The van der Waals surface area contributed by atoms with Crippen molar-refractivity contribution >= 4 is 17.1 Å². The third kappa shape index (κ3) is 3.89. The SMILES string of the molecule is COc1ccc2cc(C(F)(F)F)c(-c3ccc(NC(=O)c4c(F)cccc4F)cc3)n2c1. The molecule has 32 heavy (non-hydrogen) atoms. The fourth-order valence-electron chi connectivity index (χ4n) is 3.40. The number of rotatable bonds is 4. The number of methoxy groups -OCH3 is 1. The highest BCUT2D eigenvalue weighted by Crippen LogP contribution is 2.40. The molecule has 9 heteroatoms. The Morgan fingerprint density at radius 3 is 2.22 bits per heavy atom. The Morgan fingerprint density at radius 1 is 0.969 bits per heavy atom. The molecule has 4 aromatic rings. The van der Waals surface area contributed by atoms with Gasteiger partial charge in [0.25, 0.3) is 5.91 Å². The number of anilines is 1. The molecule has 164 valence electrons. The molecular weight excluding hydrogens is 431 g/mol. The summed E-state index contributed by atoms with van der Waals surface area (Å²) in [6, 6.07) is 12.6. The van der Waals surface area contributed by atoms with Gasteiger partial charge in [0.15, 0.2) is 0 Å². The number of hydrogen-bond acceptors (Lipinski definition) is 2. The third-order valence-corrected chi connectivity index (χ3v) is 4.89. The molecule has 2 aromatic carbocycles. The molecule has 0 spiro atoms. The van der Waals surface area contributed by atoms with Crippen LogP contribution in [0, 0.1) is 11.6 Å². The van der Waals surface area contributed by atoms with Crippen LogP contribution in [0.4, 0.5) is 27.6 Å². The van der Waals surface area contributed by atoms with E-state index in [1.54, 1.807) is 6.07 Å². The Hall–Kier alpha value is -3.88. The van der Waals surface area contributed by atoms with Gasteiger partial charge in [-0.25, -0.2) is 8.78 Å². The molecule has 0 saturated carbocycles. The van der Waals surface area contributed by atoms with Crippen molar-refractivity contribution in [2.24, 2.45) is 0 Å². The highest BCUT2D eigenvalue weighted by molar-refractivity contribution is 6.04. The molecule has 2 heterocycles. The molecule has 0 aliphatic carbocycles. The van der Waals surface area contributed by atoms with E-state index in [4.69, 9.17) is 4.74 Å². The minimum atomic E-state index is -4.61. The Morgan fingerprint density at radius 2 is 1.62 bits per heavy atom. The van der Waals surface area contributed by atoms with E-state index < -0.39 is 34.8 Å². The number of ether oxygens (including phenoxy) is 1. The minimum Gasteiger partial charge on any atom is -0.495 e. The average molecular weight is 446 g/mol. The van der Waals surface area contributed by atoms with Crippen molar-refractivity contribution in [1.82, 2.24) is 4.40 Å². The van der Waals surface area contributed by atoms with Gasteiger partial charge in [-0.2, -0.15) is 13.2 Å². The molecule has 0 aliphatic rings. The Balaban J connectivity index is 1.72. The number of fused-ring (bicyclic) bond motifs is 1. The van der Waals surface area contributed by atoms with E-state index in [-0.39, 0.29) is 16.9 Å². The molecule has 0 fully saturated rings. The number of carbonyl (C=O) groups excluding carboxylic acids is 1. The van der Waals surface area contributed by atoms with Gasteiger partial charge >= 0.3 is 6.18 Å². The number of nitrogens with one attached hydrogen (secondary N) is 1. The van der Waals surface area contributed by atoms with E-state index in [1.807, 2.05) is 0 Å². The third-order valence-electron chi connectivity index (χ3n) is 4.89. The number of aromatic nitrogens is 1. The maximum atomic E-state index is 13.8. The fourth-order valence-corrected chi connectivity index (χ4v) is 3.40. The molecule has 0 atom stereocenters. The van der Waals surface area contributed by atoms with Crippen molar-refractivity contribution in [2.45, 2.75) is 6.18 Å². The normalized spacial score (nSPS) is 11.6. The van der Waals surface area contributed by atoms with Gasteiger partial charge in [0.1, 0.15) is 22.9 Å². The van der Waals surface area contributed by atoms with Gasteiger partial charge in [-0.3, -0.25) is 4.79 Å².